The molecule has 0 bridgehead atoms. The number of anilines is 1. The molecule has 2 aliphatic rings. The van der Waals surface area contributed by atoms with E-state index in [1.54, 1.807) is 6.20 Å². The summed E-state index contributed by atoms with van der Waals surface area (Å²) in [6, 6.07) is 14.3. The van der Waals surface area contributed by atoms with Gasteiger partial charge in [-0.1, -0.05) is 24.3 Å². The summed E-state index contributed by atoms with van der Waals surface area (Å²) >= 11 is 0. The number of hydrogen-bond acceptors (Lipinski definition) is 4. The second-order valence-corrected chi connectivity index (χ2v) is 6.04. The van der Waals surface area contributed by atoms with E-state index in [9.17, 15) is 4.79 Å². The molecule has 1 aromatic heterocycles. The fourth-order valence-corrected chi connectivity index (χ4v) is 3.41. The van der Waals surface area contributed by atoms with Gasteiger partial charge >= 0.3 is 0 Å². The van der Waals surface area contributed by atoms with Crippen LogP contribution in [-0.2, 0) is 16.1 Å². The first-order valence-corrected chi connectivity index (χ1v) is 7.91. The van der Waals surface area contributed by atoms with Crippen molar-refractivity contribution in [3.05, 3.63) is 60.4 Å². The van der Waals surface area contributed by atoms with Crippen LogP contribution in [0.2, 0.25) is 0 Å². The van der Waals surface area contributed by atoms with Crippen LogP contribution in [0.4, 0.5) is 5.69 Å². The summed E-state index contributed by atoms with van der Waals surface area (Å²) in [6.07, 6.45) is 3.64. The second-order valence-electron chi connectivity index (χ2n) is 6.04. The van der Waals surface area contributed by atoms with E-state index in [2.05, 4.69) is 22.0 Å². The van der Waals surface area contributed by atoms with Gasteiger partial charge in [-0.25, -0.2) is 0 Å². The first-order chi connectivity index (χ1) is 11.3. The molecule has 1 aromatic carbocycles. The molecule has 5 nitrogen and oxygen atoms in total. The van der Waals surface area contributed by atoms with E-state index in [-0.39, 0.29) is 24.7 Å². The predicted molar refractivity (Wildman–Crippen MR) is 87.0 cm³/mol. The number of pyridine rings is 1. The van der Waals surface area contributed by atoms with E-state index in [1.165, 1.54) is 5.69 Å². The number of nitrogens with zero attached hydrogens (tertiary/aromatic N) is 3. The standard InChI is InChI=1S/C18H19N3O2/c22-18-13-23-17-12-20(15-6-2-1-3-7-15)11-16(17)21(18)10-14-5-4-8-19-9-14/h1-9,16-17H,10-13H2/t16-,17-/m1/s1. The van der Waals surface area contributed by atoms with Crippen LogP contribution in [0.5, 0.6) is 0 Å². The van der Waals surface area contributed by atoms with Crippen LogP contribution in [0.3, 0.4) is 0 Å². The Morgan fingerprint density at radius 2 is 2.00 bits per heavy atom. The molecule has 0 radical (unpaired) electrons. The Hall–Kier alpha value is -2.40. The third-order valence-electron chi connectivity index (χ3n) is 4.58. The maximum absolute atomic E-state index is 12.3. The monoisotopic (exact) mass is 309 g/mol. The summed E-state index contributed by atoms with van der Waals surface area (Å²) in [5.41, 5.74) is 2.24. The largest absolute Gasteiger partial charge is 0.367 e. The van der Waals surface area contributed by atoms with Gasteiger partial charge in [-0.15, -0.1) is 0 Å². The van der Waals surface area contributed by atoms with Gasteiger partial charge in [0.05, 0.1) is 12.1 Å². The highest BCUT2D eigenvalue weighted by atomic mass is 16.5. The maximum Gasteiger partial charge on any atom is 0.249 e. The number of para-hydroxylation sites is 1. The number of aromatic nitrogens is 1. The number of carbonyl (C=O) groups excluding carboxylic acids is 1. The lowest BCUT2D eigenvalue weighted by Gasteiger charge is -2.36. The van der Waals surface area contributed by atoms with Crippen molar-refractivity contribution in [3.8, 4) is 0 Å². The molecule has 3 heterocycles. The zero-order valence-electron chi connectivity index (χ0n) is 12.8. The summed E-state index contributed by atoms with van der Waals surface area (Å²) in [6.45, 7) is 2.40. The molecule has 1 amide bonds. The highest BCUT2D eigenvalue weighted by molar-refractivity contribution is 5.79. The fraction of sp³-hybridized carbons (Fsp3) is 0.333. The minimum Gasteiger partial charge on any atom is -0.367 e. The van der Waals surface area contributed by atoms with Crippen molar-refractivity contribution in [1.29, 1.82) is 0 Å². The van der Waals surface area contributed by atoms with E-state index in [0.29, 0.717) is 6.54 Å². The Morgan fingerprint density at radius 3 is 2.78 bits per heavy atom. The van der Waals surface area contributed by atoms with Gasteiger partial charge in [0.1, 0.15) is 6.61 Å². The van der Waals surface area contributed by atoms with Gasteiger partial charge in [-0.2, -0.15) is 0 Å². The topological polar surface area (TPSA) is 45.7 Å². The predicted octanol–water partition coefficient (Wildman–Crippen LogP) is 1.70. The molecule has 0 aliphatic carbocycles. The first kappa shape index (κ1) is 14.2. The molecular weight excluding hydrogens is 290 g/mol. The average Bonchev–Trinajstić information content (AvgIpc) is 3.04. The molecule has 23 heavy (non-hydrogen) atoms. The van der Waals surface area contributed by atoms with Crippen molar-refractivity contribution in [2.75, 3.05) is 24.6 Å². The maximum atomic E-state index is 12.3. The molecule has 0 N–H and O–H groups in total. The van der Waals surface area contributed by atoms with Crippen LogP contribution in [0.15, 0.2) is 54.9 Å². The Morgan fingerprint density at radius 1 is 1.13 bits per heavy atom. The third-order valence-corrected chi connectivity index (χ3v) is 4.58. The normalized spacial score (nSPS) is 23.9. The van der Waals surface area contributed by atoms with Gasteiger partial charge in [0.2, 0.25) is 5.91 Å². The van der Waals surface area contributed by atoms with Gasteiger partial charge in [0, 0.05) is 37.7 Å². The van der Waals surface area contributed by atoms with E-state index in [0.717, 1.165) is 18.7 Å². The van der Waals surface area contributed by atoms with Gasteiger partial charge in [-0.05, 0) is 23.8 Å². The molecule has 118 valence electrons. The number of carbonyl (C=O) groups is 1. The summed E-state index contributed by atoms with van der Waals surface area (Å²) in [5.74, 6) is 0.0602. The van der Waals surface area contributed by atoms with Crippen LogP contribution in [-0.4, -0.2) is 47.6 Å². The molecular formula is C18H19N3O2. The van der Waals surface area contributed by atoms with Gasteiger partial charge in [0.15, 0.2) is 0 Å². The quantitative estimate of drug-likeness (QED) is 0.866. The lowest BCUT2D eigenvalue weighted by atomic mass is 10.1. The lowest BCUT2D eigenvalue weighted by Crippen LogP contribution is -2.53. The molecule has 2 atom stereocenters. The summed E-state index contributed by atoms with van der Waals surface area (Å²) in [4.78, 5) is 20.7. The second kappa shape index (κ2) is 6.01. The number of rotatable bonds is 3. The number of ether oxygens (including phenoxy) is 1. The van der Waals surface area contributed by atoms with Crippen molar-refractivity contribution in [3.63, 3.8) is 0 Å². The lowest BCUT2D eigenvalue weighted by molar-refractivity contribution is -0.153. The SMILES string of the molecule is O=C1CO[C@@H]2CN(c3ccccc3)C[C@H]2N1Cc1cccnc1. The Bertz CT molecular complexity index is 677. The Balaban J connectivity index is 1.54. The average molecular weight is 309 g/mol. The molecule has 0 unspecified atom stereocenters. The van der Waals surface area contributed by atoms with E-state index in [1.807, 2.05) is 41.4 Å². The van der Waals surface area contributed by atoms with Gasteiger partial charge in [0.25, 0.3) is 0 Å². The van der Waals surface area contributed by atoms with Crippen molar-refractivity contribution < 1.29 is 9.53 Å². The zero-order valence-corrected chi connectivity index (χ0v) is 12.8. The smallest absolute Gasteiger partial charge is 0.249 e. The molecule has 0 spiro atoms. The summed E-state index contributed by atoms with van der Waals surface area (Å²) in [7, 11) is 0. The number of amides is 1. The molecule has 2 aromatic rings. The highest BCUT2D eigenvalue weighted by Gasteiger charge is 2.43. The summed E-state index contributed by atoms with van der Waals surface area (Å²) < 4.78 is 5.79. The van der Waals surface area contributed by atoms with Crippen molar-refractivity contribution in [2.24, 2.45) is 0 Å². The number of morpholine rings is 1. The molecule has 0 saturated carbocycles. The van der Waals surface area contributed by atoms with Crippen LogP contribution in [0, 0.1) is 0 Å². The van der Waals surface area contributed by atoms with Crippen molar-refractivity contribution >= 4 is 11.6 Å². The minimum absolute atomic E-state index is 0.0602. The van der Waals surface area contributed by atoms with Crippen LogP contribution >= 0.6 is 0 Å². The number of benzene rings is 1. The number of fused-ring (bicyclic) bond motifs is 1. The molecule has 2 fully saturated rings. The van der Waals surface area contributed by atoms with E-state index in [4.69, 9.17) is 4.74 Å². The molecule has 2 aliphatic heterocycles. The Labute approximate surface area is 135 Å². The third kappa shape index (κ3) is 2.80. The van der Waals surface area contributed by atoms with Gasteiger partial charge in [-0.3, -0.25) is 9.78 Å². The summed E-state index contributed by atoms with van der Waals surface area (Å²) in [5, 5.41) is 0. The first-order valence-electron chi connectivity index (χ1n) is 7.91. The van der Waals surface area contributed by atoms with Crippen molar-refractivity contribution in [2.45, 2.75) is 18.7 Å². The molecule has 2 saturated heterocycles. The van der Waals surface area contributed by atoms with Crippen molar-refractivity contribution in [1.82, 2.24) is 9.88 Å². The number of hydrogen-bond donors (Lipinski definition) is 0. The van der Waals surface area contributed by atoms with Crippen LogP contribution in [0.25, 0.3) is 0 Å². The zero-order chi connectivity index (χ0) is 15.6. The highest BCUT2D eigenvalue weighted by Crippen LogP contribution is 2.28. The van der Waals surface area contributed by atoms with E-state index >= 15 is 0 Å². The van der Waals surface area contributed by atoms with Crippen LogP contribution < -0.4 is 4.90 Å². The fourth-order valence-electron chi connectivity index (χ4n) is 3.41. The van der Waals surface area contributed by atoms with Crippen LogP contribution in [0.1, 0.15) is 5.56 Å². The van der Waals surface area contributed by atoms with E-state index < -0.39 is 0 Å². The molecule has 5 heteroatoms. The molecule has 4 rings (SSSR count). The minimum atomic E-state index is 0.0602. The Kier molecular flexibility index (Phi) is 3.71. The van der Waals surface area contributed by atoms with Gasteiger partial charge < -0.3 is 14.5 Å².